The van der Waals surface area contributed by atoms with Crippen LogP contribution < -0.4 is 4.74 Å². The Labute approximate surface area is 195 Å². The van der Waals surface area contributed by atoms with Crippen molar-refractivity contribution in [1.29, 1.82) is 0 Å². The SMILES string of the molecule is C=CC(=O)Oc1c(C)cc(C)cc1C(=O)OCCCCCCCCCCCCCCCC. The average molecular weight is 445 g/mol. The Morgan fingerprint density at radius 1 is 0.812 bits per heavy atom. The second kappa shape index (κ2) is 17.5. The number of unbranched alkanes of at least 4 members (excludes halogenated alkanes) is 13. The molecule has 0 unspecified atom stereocenters. The third-order valence-electron chi connectivity index (χ3n) is 5.74. The molecule has 0 heterocycles. The third kappa shape index (κ3) is 12.1. The second-order valence-corrected chi connectivity index (χ2v) is 8.82. The van der Waals surface area contributed by atoms with E-state index in [2.05, 4.69) is 13.5 Å². The lowest BCUT2D eigenvalue weighted by molar-refractivity contribution is -0.129. The van der Waals surface area contributed by atoms with Crippen molar-refractivity contribution in [3.8, 4) is 5.75 Å². The van der Waals surface area contributed by atoms with Gasteiger partial charge in [0, 0.05) is 6.08 Å². The zero-order valence-electron chi connectivity index (χ0n) is 20.7. The Bertz CT molecular complexity index is 693. The summed E-state index contributed by atoms with van der Waals surface area (Å²) in [6.07, 6.45) is 19.1. The number of aryl methyl sites for hydroxylation is 2. The van der Waals surface area contributed by atoms with Crippen LogP contribution in [-0.2, 0) is 9.53 Å². The van der Waals surface area contributed by atoms with Gasteiger partial charge in [0.15, 0.2) is 0 Å². The van der Waals surface area contributed by atoms with Crippen molar-refractivity contribution in [1.82, 2.24) is 0 Å². The zero-order chi connectivity index (χ0) is 23.6. The summed E-state index contributed by atoms with van der Waals surface area (Å²) in [6.45, 7) is 9.77. The van der Waals surface area contributed by atoms with Gasteiger partial charge in [0.1, 0.15) is 11.3 Å². The van der Waals surface area contributed by atoms with Gasteiger partial charge in [-0.25, -0.2) is 9.59 Å². The molecule has 180 valence electrons. The summed E-state index contributed by atoms with van der Waals surface area (Å²) in [5.74, 6) is -0.775. The molecule has 1 aromatic rings. The minimum Gasteiger partial charge on any atom is -0.462 e. The zero-order valence-corrected chi connectivity index (χ0v) is 20.7. The van der Waals surface area contributed by atoms with Crippen molar-refractivity contribution in [2.75, 3.05) is 6.61 Å². The number of benzene rings is 1. The van der Waals surface area contributed by atoms with Crippen molar-refractivity contribution in [3.63, 3.8) is 0 Å². The number of carbonyl (C=O) groups excluding carboxylic acids is 2. The molecule has 0 aliphatic carbocycles. The van der Waals surface area contributed by atoms with Gasteiger partial charge in [-0.05, 0) is 37.5 Å². The molecular formula is C28H44O4. The van der Waals surface area contributed by atoms with Gasteiger partial charge in [-0.15, -0.1) is 0 Å². The Kier molecular flexibility index (Phi) is 15.2. The highest BCUT2D eigenvalue weighted by Gasteiger charge is 2.19. The van der Waals surface area contributed by atoms with Gasteiger partial charge in [0.25, 0.3) is 0 Å². The van der Waals surface area contributed by atoms with E-state index < -0.39 is 11.9 Å². The van der Waals surface area contributed by atoms with Gasteiger partial charge in [0.2, 0.25) is 0 Å². The fourth-order valence-corrected chi connectivity index (χ4v) is 3.92. The smallest absolute Gasteiger partial charge is 0.341 e. The van der Waals surface area contributed by atoms with E-state index >= 15 is 0 Å². The standard InChI is InChI=1S/C28H44O4/c1-5-7-8-9-10-11-12-13-14-15-16-17-18-19-20-31-28(30)25-22-23(3)21-24(4)27(25)32-26(29)6-2/h6,21-22H,2,5,7-20H2,1,3-4H3. The van der Waals surface area contributed by atoms with Crippen LogP contribution in [0.2, 0.25) is 0 Å². The van der Waals surface area contributed by atoms with Crippen LogP contribution in [0, 0.1) is 13.8 Å². The quantitative estimate of drug-likeness (QED) is 0.0995. The highest BCUT2D eigenvalue weighted by molar-refractivity contribution is 5.95. The summed E-state index contributed by atoms with van der Waals surface area (Å²) >= 11 is 0. The molecule has 1 rings (SSSR count). The molecule has 0 amide bonds. The molecular weight excluding hydrogens is 400 g/mol. The summed E-state index contributed by atoms with van der Waals surface area (Å²) in [5.41, 5.74) is 1.94. The predicted octanol–water partition coefficient (Wildman–Crippen LogP) is 8.03. The molecule has 0 saturated heterocycles. The number of rotatable bonds is 18. The average Bonchev–Trinajstić information content (AvgIpc) is 2.77. The first-order valence-corrected chi connectivity index (χ1v) is 12.6. The van der Waals surface area contributed by atoms with E-state index in [9.17, 15) is 9.59 Å². The molecule has 0 aromatic heterocycles. The lowest BCUT2D eigenvalue weighted by atomic mass is 10.0. The Morgan fingerprint density at radius 3 is 1.81 bits per heavy atom. The number of esters is 2. The van der Waals surface area contributed by atoms with Gasteiger partial charge in [-0.3, -0.25) is 0 Å². The van der Waals surface area contributed by atoms with Crippen molar-refractivity contribution in [3.05, 3.63) is 41.5 Å². The molecule has 0 spiro atoms. The van der Waals surface area contributed by atoms with E-state index in [4.69, 9.17) is 9.47 Å². The largest absolute Gasteiger partial charge is 0.462 e. The van der Waals surface area contributed by atoms with E-state index in [1.165, 1.54) is 77.0 Å². The first kappa shape index (κ1) is 27.9. The fourth-order valence-electron chi connectivity index (χ4n) is 3.92. The lowest BCUT2D eigenvalue weighted by Crippen LogP contribution is -2.13. The van der Waals surface area contributed by atoms with E-state index in [0.717, 1.165) is 30.0 Å². The molecule has 0 radical (unpaired) electrons. The van der Waals surface area contributed by atoms with Gasteiger partial charge < -0.3 is 9.47 Å². The summed E-state index contributed by atoms with van der Waals surface area (Å²) in [5, 5.41) is 0. The van der Waals surface area contributed by atoms with Crippen molar-refractivity contribution in [2.24, 2.45) is 0 Å². The molecule has 4 heteroatoms. The number of carbonyl (C=O) groups is 2. The van der Waals surface area contributed by atoms with Crippen LogP contribution >= 0.6 is 0 Å². The number of hydrogen-bond acceptors (Lipinski definition) is 4. The van der Waals surface area contributed by atoms with Gasteiger partial charge in [0.05, 0.1) is 6.61 Å². The Morgan fingerprint density at radius 2 is 1.31 bits per heavy atom. The van der Waals surface area contributed by atoms with Crippen LogP contribution in [0.25, 0.3) is 0 Å². The normalized spacial score (nSPS) is 10.7. The third-order valence-corrected chi connectivity index (χ3v) is 5.74. The Hall–Kier alpha value is -2.10. The monoisotopic (exact) mass is 444 g/mol. The molecule has 0 fully saturated rings. The predicted molar refractivity (Wildman–Crippen MR) is 132 cm³/mol. The summed E-state index contributed by atoms with van der Waals surface area (Å²) in [7, 11) is 0. The summed E-state index contributed by atoms with van der Waals surface area (Å²) in [6, 6.07) is 3.57. The second-order valence-electron chi connectivity index (χ2n) is 8.82. The van der Waals surface area contributed by atoms with E-state index in [1.54, 1.807) is 6.07 Å². The first-order valence-electron chi connectivity index (χ1n) is 12.6. The lowest BCUT2D eigenvalue weighted by Gasteiger charge is -2.13. The van der Waals surface area contributed by atoms with Gasteiger partial charge in [-0.1, -0.05) is 103 Å². The first-order chi connectivity index (χ1) is 15.5. The molecule has 0 atom stereocenters. The summed E-state index contributed by atoms with van der Waals surface area (Å²) in [4.78, 5) is 24.1. The molecule has 0 aliphatic heterocycles. The van der Waals surface area contributed by atoms with Crippen molar-refractivity contribution >= 4 is 11.9 Å². The van der Waals surface area contributed by atoms with Gasteiger partial charge in [-0.2, -0.15) is 0 Å². The molecule has 32 heavy (non-hydrogen) atoms. The fraction of sp³-hybridized carbons (Fsp3) is 0.643. The Balaban J connectivity index is 2.16. The molecule has 0 aliphatic rings. The molecule has 0 bridgehead atoms. The van der Waals surface area contributed by atoms with Crippen molar-refractivity contribution in [2.45, 2.75) is 111 Å². The molecule has 1 aromatic carbocycles. The maximum Gasteiger partial charge on any atom is 0.341 e. The summed E-state index contributed by atoms with van der Waals surface area (Å²) < 4.78 is 10.7. The minimum absolute atomic E-state index is 0.256. The topological polar surface area (TPSA) is 52.6 Å². The van der Waals surface area contributed by atoms with Gasteiger partial charge >= 0.3 is 11.9 Å². The van der Waals surface area contributed by atoms with Crippen LogP contribution in [0.4, 0.5) is 0 Å². The van der Waals surface area contributed by atoms with E-state index in [-0.39, 0.29) is 5.75 Å². The van der Waals surface area contributed by atoms with Crippen LogP contribution in [0.5, 0.6) is 5.75 Å². The van der Waals surface area contributed by atoms with Crippen molar-refractivity contribution < 1.29 is 19.1 Å². The number of ether oxygens (including phenoxy) is 2. The van der Waals surface area contributed by atoms with E-state index in [1.807, 2.05) is 19.9 Å². The molecule has 0 saturated carbocycles. The highest BCUT2D eigenvalue weighted by Crippen LogP contribution is 2.26. The maximum atomic E-state index is 12.5. The van der Waals surface area contributed by atoms with E-state index in [0.29, 0.717) is 12.2 Å². The highest BCUT2D eigenvalue weighted by atomic mass is 16.5. The van der Waals surface area contributed by atoms with Crippen LogP contribution in [-0.4, -0.2) is 18.5 Å². The molecule has 4 nitrogen and oxygen atoms in total. The minimum atomic E-state index is -0.585. The van der Waals surface area contributed by atoms with Crippen LogP contribution in [0.15, 0.2) is 24.8 Å². The number of hydrogen-bond donors (Lipinski definition) is 0. The maximum absolute atomic E-state index is 12.5. The van der Waals surface area contributed by atoms with Crippen LogP contribution in [0.1, 0.15) is 118 Å². The van der Waals surface area contributed by atoms with Crippen LogP contribution in [0.3, 0.4) is 0 Å². The molecule has 0 N–H and O–H groups in total.